The number of hydrogen-bond donors (Lipinski definition) is 0. The summed E-state index contributed by atoms with van der Waals surface area (Å²) in [6.45, 7) is 2.64. The van der Waals surface area contributed by atoms with E-state index in [1.54, 1.807) is 18.2 Å². The van der Waals surface area contributed by atoms with Crippen molar-refractivity contribution < 1.29 is 9.53 Å². The van der Waals surface area contributed by atoms with Gasteiger partial charge in [-0.25, -0.2) is 0 Å². The molecule has 1 aliphatic heterocycles. The van der Waals surface area contributed by atoms with Gasteiger partial charge >= 0.3 is 0 Å². The van der Waals surface area contributed by atoms with E-state index >= 15 is 0 Å². The fraction of sp³-hybridized carbons (Fsp3) is 0.500. The fourth-order valence-electron chi connectivity index (χ4n) is 1.90. The van der Waals surface area contributed by atoms with Gasteiger partial charge in [-0.3, -0.25) is 9.78 Å². The van der Waals surface area contributed by atoms with E-state index < -0.39 is 0 Å². The average molecular weight is 220 g/mol. The van der Waals surface area contributed by atoms with Gasteiger partial charge in [-0.2, -0.15) is 0 Å². The minimum atomic E-state index is -0.0341. The summed E-state index contributed by atoms with van der Waals surface area (Å²) in [6.07, 6.45) is 3.01. The zero-order valence-electron chi connectivity index (χ0n) is 9.64. The smallest absolute Gasteiger partial charge is 0.229 e. The third-order valence-electron chi connectivity index (χ3n) is 2.89. The van der Waals surface area contributed by atoms with Crippen molar-refractivity contribution in [2.24, 2.45) is 0 Å². The van der Waals surface area contributed by atoms with E-state index in [1.165, 1.54) is 0 Å². The molecule has 2 heterocycles. The summed E-state index contributed by atoms with van der Waals surface area (Å²) in [5.74, 6) is 0.112. The lowest BCUT2D eigenvalue weighted by Crippen LogP contribution is -2.31. The molecule has 1 aliphatic rings. The number of pyridine rings is 1. The predicted octanol–water partition coefficient (Wildman–Crippen LogP) is 1.40. The second kappa shape index (κ2) is 4.61. The van der Waals surface area contributed by atoms with Crippen molar-refractivity contribution in [3.8, 4) is 0 Å². The van der Waals surface area contributed by atoms with Gasteiger partial charge in [0.1, 0.15) is 0 Å². The molecule has 1 amide bonds. The lowest BCUT2D eigenvalue weighted by atomic mass is 10.2. The number of anilines is 1. The topological polar surface area (TPSA) is 42.4 Å². The second-order valence-electron chi connectivity index (χ2n) is 4.02. The molecule has 1 atom stereocenters. The second-order valence-corrected chi connectivity index (χ2v) is 4.02. The molecular weight excluding hydrogens is 204 g/mol. The van der Waals surface area contributed by atoms with E-state index in [9.17, 15) is 4.79 Å². The lowest BCUT2D eigenvalue weighted by molar-refractivity contribution is -0.120. The van der Waals surface area contributed by atoms with Crippen LogP contribution < -0.4 is 4.90 Å². The predicted molar refractivity (Wildman–Crippen MR) is 61.4 cm³/mol. The van der Waals surface area contributed by atoms with Crippen molar-refractivity contribution in [1.82, 2.24) is 4.98 Å². The molecule has 0 saturated carbocycles. The molecule has 0 saturated heterocycles. The van der Waals surface area contributed by atoms with Gasteiger partial charge in [-0.1, -0.05) is 0 Å². The number of aromatic nitrogens is 1. The molecule has 4 heteroatoms. The Bertz CT molecular complexity index is 392. The maximum absolute atomic E-state index is 12.0. The zero-order valence-corrected chi connectivity index (χ0v) is 9.64. The van der Waals surface area contributed by atoms with E-state index in [0.29, 0.717) is 6.42 Å². The van der Waals surface area contributed by atoms with Gasteiger partial charge in [-0.05, 0) is 19.1 Å². The molecule has 1 aromatic rings. The SMILES string of the molecule is CO[C@@H](C)CC(=O)N1CCc2ncccc21. The van der Waals surface area contributed by atoms with E-state index in [4.69, 9.17) is 4.74 Å². The van der Waals surface area contributed by atoms with Gasteiger partial charge in [0.25, 0.3) is 0 Å². The normalized spacial score (nSPS) is 16.0. The summed E-state index contributed by atoms with van der Waals surface area (Å²) in [5, 5.41) is 0. The van der Waals surface area contributed by atoms with Gasteiger partial charge in [0.2, 0.25) is 5.91 Å². The molecule has 4 nitrogen and oxygen atoms in total. The van der Waals surface area contributed by atoms with E-state index in [2.05, 4.69) is 4.98 Å². The van der Waals surface area contributed by atoms with Crippen molar-refractivity contribution in [3.63, 3.8) is 0 Å². The highest BCUT2D eigenvalue weighted by Gasteiger charge is 2.25. The summed E-state index contributed by atoms with van der Waals surface area (Å²) in [4.78, 5) is 18.1. The number of carbonyl (C=O) groups is 1. The molecule has 0 aliphatic carbocycles. The zero-order chi connectivity index (χ0) is 11.5. The molecule has 86 valence electrons. The number of hydrogen-bond acceptors (Lipinski definition) is 3. The summed E-state index contributed by atoms with van der Waals surface area (Å²) >= 11 is 0. The van der Waals surface area contributed by atoms with Gasteiger partial charge in [0, 0.05) is 26.3 Å². The van der Waals surface area contributed by atoms with Gasteiger partial charge in [0.05, 0.1) is 23.9 Å². The number of amides is 1. The molecule has 0 spiro atoms. The maximum atomic E-state index is 12.0. The molecular formula is C12H16N2O2. The maximum Gasteiger partial charge on any atom is 0.229 e. The van der Waals surface area contributed by atoms with Crippen LogP contribution in [0.25, 0.3) is 0 Å². The molecule has 0 bridgehead atoms. The van der Waals surface area contributed by atoms with Crippen LogP contribution in [-0.2, 0) is 16.0 Å². The fourth-order valence-corrected chi connectivity index (χ4v) is 1.90. The molecule has 0 unspecified atom stereocenters. The van der Waals surface area contributed by atoms with Crippen LogP contribution in [0, 0.1) is 0 Å². The standard InChI is InChI=1S/C12H16N2O2/c1-9(16-2)8-12(15)14-7-5-10-11(14)4-3-6-13-10/h3-4,6,9H,5,7-8H2,1-2H3/t9-/m0/s1. The van der Waals surface area contributed by atoms with Gasteiger partial charge in [-0.15, -0.1) is 0 Å². The number of methoxy groups -OCH3 is 1. The molecule has 2 rings (SSSR count). The van der Waals surface area contributed by atoms with Crippen molar-refractivity contribution in [3.05, 3.63) is 24.0 Å². The van der Waals surface area contributed by atoms with Crippen LogP contribution in [0.1, 0.15) is 19.0 Å². The minimum absolute atomic E-state index is 0.0341. The van der Waals surface area contributed by atoms with Crippen molar-refractivity contribution in [2.75, 3.05) is 18.6 Å². The third kappa shape index (κ3) is 2.07. The average Bonchev–Trinajstić information content (AvgIpc) is 2.72. The first-order valence-corrected chi connectivity index (χ1v) is 5.49. The van der Waals surface area contributed by atoms with Crippen molar-refractivity contribution in [2.45, 2.75) is 25.9 Å². The van der Waals surface area contributed by atoms with E-state index in [-0.39, 0.29) is 12.0 Å². The number of fused-ring (bicyclic) bond motifs is 1. The highest BCUT2D eigenvalue weighted by molar-refractivity contribution is 5.95. The lowest BCUT2D eigenvalue weighted by Gasteiger charge is -2.18. The summed E-state index contributed by atoms with van der Waals surface area (Å²) in [6, 6.07) is 3.81. The largest absolute Gasteiger partial charge is 0.381 e. The monoisotopic (exact) mass is 220 g/mol. The first-order chi connectivity index (χ1) is 7.72. The van der Waals surface area contributed by atoms with Crippen LogP contribution in [0.4, 0.5) is 5.69 Å². The quantitative estimate of drug-likeness (QED) is 0.773. The Labute approximate surface area is 95.2 Å². The Balaban J connectivity index is 2.10. The van der Waals surface area contributed by atoms with Crippen molar-refractivity contribution in [1.29, 1.82) is 0 Å². The molecule has 0 fully saturated rings. The minimum Gasteiger partial charge on any atom is -0.381 e. The van der Waals surface area contributed by atoms with Crippen LogP contribution in [0.2, 0.25) is 0 Å². The third-order valence-corrected chi connectivity index (χ3v) is 2.89. The highest BCUT2D eigenvalue weighted by Crippen LogP contribution is 2.26. The Morgan fingerprint density at radius 1 is 1.69 bits per heavy atom. The number of carbonyl (C=O) groups excluding carboxylic acids is 1. The van der Waals surface area contributed by atoms with Crippen LogP contribution >= 0.6 is 0 Å². The molecule has 16 heavy (non-hydrogen) atoms. The van der Waals surface area contributed by atoms with E-state index in [0.717, 1.165) is 24.3 Å². The Morgan fingerprint density at radius 2 is 2.50 bits per heavy atom. The first kappa shape index (κ1) is 11.1. The Hall–Kier alpha value is -1.42. The number of ether oxygens (including phenoxy) is 1. The number of nitrogens with zero attached hydrogens (tertiary/aromatic N) is 2. The molecule has 0 aromatic carbocycles. The molecule has 0 radical (unpaired) electrons. The van der Waals surface area contributed by atoms with Gasteiger partial charge in [0.15, 0.2) is 0 Å². The Morgan fingerprint density at radius 3 is 3.25 bits per heavy atom. The summed E-state index contributed by atoms with van der Waals surface area (Å²) in [5.41, 5.74) is 1.97. The van der Waals surface area contributed by atoms with E-state index in [1.807, 2.05) is 19.1 Å². The van der Waals surface area contributed by atoms with Crippen molar-refractivity contribution >= 4 is 11.6 Å². The van der Waals surface area contributed by atoms with Crippen LogP contribution in [-0.4, -0.2) is 30.6 Å². The number of rotatable bonds is 3. The first-order valence-electron chi connectivity index (χ1n) is 5.49. The highest BCUT2D eigenvalue weighted by atomic mass is 16.5. The summed E-state index contributed by atoms with van der Waals surface area (Å²) in [7, 11) is 1.62. The van der Waals surface area contributed by atoms with Crippen LogP contribution in [0.5, 0.6) is 0 Å². The van der Waals surface area contributed by atoms with Gasteiger partial charge < -0.3 is 9.64 Å². The van der Waals surface area contributed by atoms with Crippen LogP contribution in [0.3, 0.4) is 0 Å². The Kier molecular flexibility index (Phi) is 3.19. The van der Waals surface area contributed by atoms with Crippen LogP contribution in [0.15, 0.2) is 18.3 Å². The molecule has 1 aromatic heterocycles. The summed E-state index contributed by atoms with van der Waals surface area (Å²) < 4.78 is 5.11. The molecule has 0 N–H and O–H groups in total.